The molecule has 8 heteroatoms. The van der Waals surface area contributed by atoms with Crippen molar-refractivity contribution in [1.29, 1.82) is 0 Å². The molecule has 5 rings (SSSR count). The zero-order valence-corrected chi connectivity index (χ0v) is 22.9. The number of rotatable bonds is 8. The van der Waals surface area contributed by atoms with E-state index < -0.39 is 5.97 Å². The lowest BCUT2D eigenvalue weighted by Crippen LogP contribution is -2.40. The zero-order chi connectivity index (χ0) is 26.6. The normalized spacial score (nSPS) is 17.4. The van der Waals surface area contributed by atoms with Crippen molar-refractivity contribution >= 4 is 34.5 Å². The molecule has 1 aliphatic rings. The largest absolute Gasteiger partial charge is 0.465 e. The molecular weight excluding hydrogens is 498 g/mol. The summed E-state index contributed by atoms with van der Waals surface area (Å²) in [5.41, 5.74) is 4.35. The molecule has 0 spiro atoms. The van der Waals surface area contributed by atoms with Crippen LogP contribution in [0, 0.1) is 11.8 Å². The molecule has 38 heavy (non-hydrogen) atoms. The molecule has 0 aliphatic heterocycles. The Morgan fingerprint density at radius 1 is 1.05 bits per heavy atom. The van der Waals surface area contributed by atoms with E-state index in [9.17, 15) is 9.59 Å². The number of methoxy groups -OCH3 is 2. The van der Waals surface area contributed by atoms with Crippen LogP contribution >= 0.6 is 11.3 Å². The smallest absolute Gasteiger partial charge is 0.350 e. The van der Waals surface area contributed by atoms with Gasteiger partial charge in [-0.25, -0.2) is 9.78 Å². The van der Waals surface area contributed by atoms with Gasteiger partial charge in [-0.1, -0.05) is 37.3 Å². The molecular formula is C30H33N3O4S. The van der Waals surface area contributed by atoms with Gasteiger partial charge >= 0.3 is 5.97 Å². The van der Waals surface area contributed by atoms with Gasteiger partial charge in [-0.3, -0.25) is 4.79 Å². The lowest BCUT2D eigenvalue weighted by molar-refractivity contribution is -0.123. The van der Waals surface area contributed by atoms with Crippen LogP contribution in [0.5, 0.6) is 0 Å². The van der Waals surface area contributed by atoms with E-state index in [-0.39, 0.29) is 11.8 Å². The predicted octanol–water partition coefficient (Wildman–Crippen LogP) is 6.32. The van der Waals surface area contributed by atoms with Gasteiger partial charge in [-0.2, -0.15) is 0 Å². The number of hydrogen-bond acceptors (Lipinski definition) is 6. The molecule has 1 aliphatic carbocycles. The van der Waals surface area contributed by atoms with E-state index in [4.69, 9.17) is 14.5 Å². The number of benzene rings is 1. The van der Waals surface area contributed by atoms with Gasteiger partial charge in [0, 0.05) is 42.4 Å². The van der Waals surface area contributed by atoms with Crippen LogP contribution in [0.15, 0.2) is 60.9 Å². The molecule has 1 amide bonds. The summed E-state index contributed by atoms with van der Waals surface area (Å²) in [4.78, 5) is 34.3. The fourth-order valence-corrected chi connectivity index (χ4v) is 6.19. The number of ether oxygens (including phenoxy) is 2. The van der Waals surface area contributed by atoms with E-state index in [1.807, 2.05) is 65.3 Å². The number of anilines is 1. The molecule has 7 nitrogen and oxygen atoms in total. The van der Waals surface area contributed by atoms with Crippen molar-refractivity contribution < 1.29 is 19.1 Å². The average molecular weight is 532 g/mol. The van der Waals surface area contributed by atoms with Crippen molar-refractivity contribution in [2.75, 3.05) is 32.3 Å². The first kappa shape index (κ1) is 26.1. The Labute approximate surface area is 227 Å². The van der Waals surface area contributed by atoms with Gasteiger partial charge < -0.3 is 18.8 Å². The summed E-state index contributed by atoms with van der Waals surface area (Å²) in [6.07, 6.45) is 7.83. The highest BCUT2D eigenvalue weighted by Crippen LogP contribution is 2.40. The fourth-order valence-electron chi connectivity index (χ4n) is 5.10. The minimum absolute atomic E-state index is 0.0402. The van der Waals surface area contributed by atoms with Crippen LogP contribution in [0.1, 0.15) is 42.3 Å². The Balaban J connectivity index is 1.47. The van der Waals surface area contributed by atoms with Crippen molar-refractivity contribution in [3.63, 3.8) is 0 Å². The molecule has 0 saturated heterocycles. The van der Waals surface area contributed by atoms with E-state index in [1.165, 1.54) is 18.4 Å². The molecule has 3 aromatic heterocycles. The van der Waals surface area contributed by atoms with Crippen LogP contribution in [0.4, 0.5) is 5.69 Å². The minimum Gasteiger partial charge on any atom is -0.465 e. The highest BCUT2D eigenvalue weighted by Gasteiger charge is 2.32. The number of hydrogen-bond donors (Lipinski definition) is 0. The number of amides is 1. The third-order valence-corrected chi connectivity index (χ3v) is 8.51. The number of nitrogens with zero attached hydrogens (tertiary/aromatic N) is 3. The number of pyridine rings is 1. The maximum atomic E-state index is 13.7. The maximum Gasteiger partial charge on any atom is 0.350 e. The molecule has 1 saturated carbocycles. The Kier molecular flexibility index (Phi) is 7.90. The first-order chi connectivity index (χ1) is 18.5. The van der Waals surface area contributed by atoms with E-state index >= 15 is 0 Å². The summed E-state index contributed by atoms with van der Waals surface area (Å²) in [5.74, 6) is 0.228. The molecule has 0 bridgehead atoms. The molecule has 4 aromatic rings. The lowest BCUT2D eigenvalue weighted by atomic mass is 9.82. The van der Waals surface area contributed by atoms with E-state index in [0.717, 1.165) is 53.0 Å². The van der Waals surface area contributed by atoms with Crippen LogP contribution in [-0.4, -0.2) is 48.6 Å². The number of fused-ring (bicyclic) bond motifs is 1. The first-order valence-corrected chi connectivity index (χ1v) is 13.9. The number of carbonyl (C=O) groups is 2. The Morgan fingerprint density at radius 2 is 1.79 bits per heavy atom. The molecule has 1 fully saturated rings. The summed E-state index contributed by atoms with van der Waals surface area (Å²) in [6.45, 7) is 3.01. The van der Waals surface area contributed by atoms with Gasteiger partial charge in [0.1, 0.15) is 10.5 Å². The number of esters is 1. The van der Waals surface area contributed by atoms with Gasteiger partial charge in [0.05, 0.1) is 25.1 Å². The standard InChI is InChI=1S/C30H33N3O4S/c1-20-7-9-23(10-8-20)29(34)33(16-17-36-2)25-18-26(38-28(25)30(35)37-3)22-13-11-21(12-14-22)24-19-32-15-5-4-6-27(32)31-24/h4-6,11-15,18-20,23H,7-10,16-17H2,1-3H3/t20-,23-. The Hall–Kier alpha value is -3.49. The Bertz CT molecular complexity index is 1380. The van der Waals surface area contributed by atoms with Gasteiger partial charge in [-0.05, 0) is 55.4 Å². The summed E-state index contributed by atoms with van der Waals surface area (Å²) in [5, 5.41) is 0. The molecule has 0 unspecified atom stereocenters. The van der Waals surface area contributed by atoms with Gasteiger partial charge in [-0.15, -0.1) is 11.3 Å². The summed E-state index contributed by atoms with van der Waals surface area (Å²) in [7, 11) is 2.99. The van der Waals surface area contributed by atoms with Crippen molar-refractivity contribution in [2.24, 2.45) is 11.8 Å². The van der Waals surface area contributed by atoms with E-state index in [0.29, 0.717) is 29.6 Å². The second kappa shape index (κ2) is 11.5. The van der Waals surface area contributed by atoms with Gasteiger partial charge in [0.15, 0.2) is 0 Å². The zero-order valence-electron chi connectivity index (χ0n) is 22.1. The topological polar surface area (TPSA) is 73.1 Å². The van der Waals surface area contributed by atoms with Crippen LogP contribution in [0.25, 0.3) is 27.3 Å². The third kappa shape index (κ3) is 5.37. The van der Waals surface area contributed by atoms with Gasteiger partial charge in [0.25, 0.3) is 0 Å². The molecule has 0 N–H and O–H groups in total. The Morgan fingerprint density at radius 3 is 2.47 bits per heavy atom. The highest BCUT2D eigenvalue weighted by atomic mass is 32.1. The van der Waals surface area contributed by atoms with Gasteiger partial charge in [0.2, 0.25) is 5.91 Å². The van der Waals surface area contributed by atoms with Crippen molar-refractivity contribution in [1.82, 2.24) is 9.38 Å². The number of thiophene rings is 1. The molecule has 198 valence electrons. The second-order valence-corrected chi connectivity index (χ2v) is 11.0. The monoisotopic (exact) mass is 531 g/mol. The first-order valence-electron chi connectivity index (χ1n) is 13.1. The van der Waals surface area contributed by atoms with Crippen LogP contribution in [0.3, 0.4) is 0 Å². The summed E-state index contributed by atoms with van der Waals surface area (Å²) >= 11 is 1.35. The van der Waals surface area contributed by atoms with Crippen LogP contribution in [0.2, 0.25) is 0 Å². The van der Waals surface area contributed by atoms with Crippen LogP contribution < -0.4 is 4.90 Å². The predicted molar refractivity (Wildman–Crippen MR) is 151 cm³/mol. The fraction of sp³-hybridized carbons (Fsp3) is 0.367. The summed E-state index contributed by atoms with van der Waals surface area (Å²) < 4.78 is 12.4. The average Bonchev–Trinajstić information content (AvgIpc) is 3.58. The molecule has 0 atom stereocenters. The summed E-state index contributed by atoms with van der Waals surface area (Å²) in [6, 6.07) is 16.0. The number of carbonyl (C=O) groups excluding carboxylic acids is 2. The second-order valence-electron chi connectivity index (χ2n) is 9.93. The molecule has 1 aromatic carbocycles. The SMILES string of the molecule is COCCN(c1cc(-c2ccc(-c3cn4ccccc4n3)cc2)sc1C(=O)OC)C(=O)[C@H]1CC[C@H](C)CC1. The lowest BCUT2D eigenvalue weighted by Gasteiger charge is -2.31. The highest BCUT2D eigenvalue weighted by molar-refractivity contribution is 7.18. The molecule has 3 heterocycles. The van der Waals surface area contributed by atoms with E-state index in [1.54, 1.807) is 12.0 Å². The van der Waals surface area contributed by atoms with E-state index in [2.05, 4.69) is 6.92 Å². The number of aromatic nitrogens is 2. The number of imidazole rings is 1. The van der Waals surface area contributed by atoms with Crippen molar-refractivity contribution in [2.45, 2.75) is 32.6 Å². The van der Waals surface area contributed by atoms with Crippen LogP contribution in [-0.2, 0) is 14.3 Å². The van der Waals surface area contributed by atoms with Crippen molar-refractivity contribution in [3.05, 3.63) is 65.8 Å². The minimum atomic E-state index is -0.440. The third-order valence-electron chi connectivity index (χ3n) is 7.35. The molecule has 0 radical (unpaired) electrons. The maximum absolute atomic E-state index is 13.7. The quantitative estimate of drug-likeness (QED) is 0.249. The van der Waals surface area contributed by atoms with Crippen molar-refractivity contribution in [3.8, 4) is 21.7 Å².